The number of H-pyrrole nitrogens is 1. The fourth-order valence-electron chi connectivity index (χ4n) is 2.33. The SMILES string of the molecule is O=C(Cc1ccccc1)NCc1n[nH]c(=O)c2ccccc12. The Morgan fingerprint density at radius 1 is 1.00 bits per heavy atom. The van der Waals surface area contributed by atoms with Gasteiger partial charge < -0.3 is 5.32 Å². The van der Waals surface area contributed by atoms with Crippen molar-refractivity contribution in [1.29, 1.82) is 0 Å². The van der Waals surface area contributed by atoms with Gasteiger partial charge in [-0.25, -0.2) is 5.10 Å². The lowest BCUT2D eigenvalue weighted by Crippen LogP contribution is -2.26. The standard InChI is InChI=1S/C17H15N3O2/c21-16(10-12-6-2-1-3-7-12)18-11-15-13-8-4-5-9-14(13)17(22)20-19-15/h1-9H,10-11H2,(H,18,21)(H,20,22). The van der Waals surface area contributed by atoms with Crippen LogP contribution in [0.4, 0.5) is 0 Å². The maximum atomic E-state index is 12.0. The third-order valence-electron chi connectivity index (χ3n) is 3.44. The van der Waals surface area contributed by atoms with Crippen LogP contribution in [0.2, 0.25) is 0 Å². The number of carbonyl (C=O) groups is 1. The number of rotatable bonds is 4. The molecule has 3 aromatic rings. The smallest absolute Gasteiger partial charge is 0.272 e. The van der Waals surface area contributed by atoms with Crippen molar-refractivity contribution in [3.63, 3.8) is 0 Å². The molecule has 0 spiro atoms. The summed E-state index contributed by atoms with van der Waals surface area (Å²) in [6, 6.07) is 16.8. The predicted octanol–water partition coefficient (Wildman–Crippen LogP) is 1.78. The fourth-order valence-corrected chi connectivity index (χ4v) is 2.33. The third kappa shape index (κ3) is 3.03. The third-order valence-corrected chi connectivity index (χ3v) is 3.44. The second-order valence-corrected chi connectivity index (χ2v) is 4.98. The molecule has 1 heterocycles. The first-order valence-electron chi connectivity index (χ1n) is 7.01. The van der Waals surface area contributed by atoms with Crippen LogP contribution in [0.3, 0.4) is 0 Å². The summed E-state index contributed by atoms with van der Waals surface area (Å²) in [4.78, 5) is 23.7. The van der Waals surface area contributed by atoms with E-state index in [1.807, 2.05) is 42.5 Å². The van der Waals surface area contributed by atoms with E-state index in [4.69, 9.17) is 0 Å². The fraction of sp³-hybridized carbons (Fsp3) is 0.118. The van der Waals surface area contributed by atoms with Gasteiger partial charge in [-0.3, -0.25) is 9.59 Å². The van der Waals surface area contributed by atoms with Gasteiger partial charge in [-0.2, -0.15) is 5.10 Å². The van der Waals surface area contributed by atoms with E-state index < -0.39 is 0 Å². The largest absolute Gasteiger partial charge is 0.350 e. The lowest BCUT2D eigenvalue weighted by Gasteiger charge is -2.07. The van der Waals surface area contributed by atoms with Crippen LogP contribution >= 0.6 is 0 Å². The summed E-state index contributed by atoms with van der Waals surface area (Å²) in [7, 11) is 0. The van der Waals surface area contributed by atoms with Gasteiger partial charge in [0, 0.05) is 5.39 Å². The predicted molar refractivity (Wildman–Crippen MR) is 84.4 cm³/mol. The molecule has 0 saturated heterocycles. The Morgan fingerprint density at radius 3 is 2.45 bits per heavy atom. The Labute approximate surface area is 127 Å². The van der Waals surface area contributed by atoms with Crippen LogP contribution in [-0.2, 0) is 17.8 Å². The van der Waals surface area contributed by atoms with Crippen molar-refractivity contribution in [2.45, 2.75) is 13.0 Å². The molecule has 110 valence electrons. The molecule has 0 unspecified atom stereocenters. The van der Waals surface area contributed by atoms with Crippen molar-refractivity contribution < 1.29 is 4.79 Å². The van der Waals surface area contributed by atoms with Gasteiger partial charge in [0.2, 0.25) is 5.91 Å². The second-order valence-electron chi connectivity index (χ2n) is 4.98. The zero-order chi connectivity index (χ0) is 15.4. The van der Waals surface area contributed by atoms with Gasteiger partial charge in [-0.15, -0.1) is 0 Å². The number of carbonyl (C=O) groups excluding carboxylic acids is 1. The van der Waals surface area contributed by atoms with Gasteiger partial charge in [-0.1, -0.05) is 48.5 Å². The maximum Gasteiger partial charge on any atom is 0.272 e. The minimum atomic E-state index is -0.227. The summed E-state index contributed by atoms with van der Waals surface area (Å²) in [6.45, 7) is 0.281. The van der Waals surface area contributed by atoms with Crippen LogP contribution < -0.4 is 10.9 Å². The molecule has 3 rings (SSSR count). The Morgan fingerprint density at radius 2 is 1.68 bits per heavy atom. The van der Waals surface area contributed by atoms with Crippen LogP contribution in [-0.4, -0.2) is 16.1 Å². The van der Waals surface area contributed by atoms with Crippen molar-refractivity contribution in [3.05, 3.63) is 76.2 Å². The summed E-state index contributed by atoms with van der Waals surface area (Å²) >= 11 is 0. The van der Waals surface area contributed by atoms with Crippen molar-refractivity contribution in [2.75, 3.05) is 0 Å². The van der Waals surface area contributed by atoms with E-state index in [0.717, 1.165) is 10.9 Å². The highest BCUT2D eigenvalue weighted by Gasteiger charge is 2.08. The molecular formula is C17H15N3O2. The van der Waals surface area contributed by atoms with Gasteiger partial charge >= 0.3 is 0 Å². The number of nitrogens with zero attached hydrogens (tertiary/aromatic N) is 1. The molecule has 2 aromatic carbocycles. The van der Waals surface area contributed by atoms with Gasteiger partial charge in [0.15, 0.2) is 0 Å². The maximum absolute atomic E-state index is 12.0. The van der Waals surface area contributed by atoms with Crippen molar-refractivity contribution >= 4 is 16.7 Å². The minimum Gasteiger partial charge on any atom is -0.350 e. The number of hydrogen-bond donors (Lipinski definition) is 2. The minimum absolute atomic E-state index is 0.0803. The molecule has 0 aliphatic heterocycles. The first-order valence-corrected chi connectivity index (χ1v) is 7.01. The van der Waals surface area contributed by atoms with E-state index in [2.05, 4.69) is 15.5 Å². The van der Waals surface area contributed by atoms with E-state index in [1.54, 1.807) is 12.1 Å². The monoisotopic (exact) mass is 293 g/mol. The number of aromatic amines is 1. The van der Waals surface area contributed by atoms with Crippen LogP contribution in [0.5, 0.6) is 0 Å². The molecular weight excluding hydrogens is 278 g/mol. The molecule has 2 N–H and O–H groups in total. The van der Waals surface area contributed by atoms with Gasteiger partial charge in [-0.05, 0) is 11.6 Å². The van der Waals surface area contributed by atoms with E-state index in [1.165, 1.54) is 0 Å². The highest BCUT2D eigenvalue weighted by atomic mass is 16.1. The molecule has 0 aliphatic rings. The Bertz CT molecular complexity index is 856. The highest BCUT2D eigenvalue weighted by Crippen LogP contribution is 2.12. The molecule has 5 nitrogen and oxygen atoms in total. The molecule has 1 aromatic heterocycles. The van der Waals surface area contributed by atoms with Crippen LogP contribution in [0.15, 0.2) is 59.4 Å². The Kier molecular flexibility index (Phi) is 3.96. The number of hydrogen-bond acceptors (Lipinski definition) is 3. The van der Waals surface area contributed by atoms with E-state index >= 15 is 0 Å². The summed E-state index contributed by atoms with van der Waals surface area (Å²) in [5.41, 5.74) is 1.38. The Balaban J connectivity index is 1.73. The van der Waals surface area contributed by atoms with Gasteiger partial charge in [0.1, 0.15) is 0 Å². The molecule has 22 heavy (non-hydrogen) atoms. The number of aromatic nitrogens is 2. The molecule has 0 saturated carbocycles. The van der Waals surface area contributed by atoms with Crippen LogP contribution in [0, 0.1) is 0 Å². The van der Waals surface area contributed by atoms with Crippen molar-refractivity contribution in [2.24, 2.45) is 0 Å². The van der Waals surface area contributed by atoms with Crippen molar-refractivity contribution in [1.82, 2.24) is 15.5 Å². The molecule has 0 radical (unpaired) electrons. The zero-order valence-corrected chi connectivity index (χ0v) is 11.9. The number of benzene rings is 2. The molecule has 5 heteroatoms. The second kappa shape index (κ2) is 6.22. The summed E-state index contributed by atoms with van der Waals surface area (Å²) in [5, 5.41) is 10.7. The van der Waals surface area contributed by atoms with E-state index in [0.29, 0.717) is 17.5 Å². The van der Waals surface area contributed by atoms with E-state index in [-0.39, 0.29) is 18.0 Å². The number of amides is 1. The van der Waals surface area contributed by atoms with Gasteiger partial charge in [0.05, 0.1) is 24.0 Å². The molecule has 0 fully saturated rings. The average molecular weight is 293 g/mol. The first-order chi connectivity index (χ1) is 10.7. The molecule has 0 atom stereocenters. The Hall–Kier alpha value is -2.95. The number of nitrogens with one attached hydrogen (secondary N) is 2. The topological polar surface area (TPSA) is 74.8 Å². The lowest BCUT2D eigenvalue weighted by molar-refractivity contribution is -0.120. The average Bonchev–Trinajstić information content (AvgIpc) is 2.55. The number of fused-ring (bicyclic) bond motifs is 1. The molecule has 0 aliphatic carbocycles. The summed E-state index contributed by atoms with van der Waals surface area (Å²) < 4.78 is 0. The van der Waals surface area contributed by atoms with Crippen LogP contribution in [0.1, 0.15) is 11.3 Å². The lowest BCUT2D eigenvalue weighted by atomic mass is 10.1. The van der Waals surface area contributed by atoms with Crippen LogP contribution in [0.25, 0.3) is 10.8 Å². The van der Waals surface area contributed by atoms with E-state index in [9.17, 15) is 9.59 Å². The first kappa shape index (κ1) is 14.0. The summed E-state index contributed by atoms with van der Waals surface area (Å²) in [5.74, 6) is -0.0803. The molecule has 0 bridgehead atoms. The quantitative estimate of drug-likeness (QED) is 0.770. The van der Waals surface area contributed by atoms with Crippen molar-refractivity contribution in [3.8, 4) is 0 Å². The molecule has 1 amide bonds. The van der Waals surface area contributed by atoms with Gasteiger partial charge in [0.25, 0.3) is 5.56 Å². The zero-order valence-electron chi connectivity index (χ0n) is 11.9. The normalized spacial score (nSPS) is 10.5. The summed E-state index contributed by atoms with van der Waals surface area (Å²) in [6.07, 6.45) is 0.322. The highest BCUT2D eigenvalue weighted by molar-refractivity contribution is 5.84.